The van der Waals surface area contributed by atoms with Gasteiger partial charge in [-0.1, -0.05) is 0 Å². The van der Waals surface area contributed by atoms with Crippen LogP contribution in [0.25, 0.3) is 10.9 Å². The molecule has 1 fully saturated rings. The molecule has 0 radical (unpaired) electrons. The molecule has 2 aromatic heterocycles. The summed E-state index contributed by atoms with van der Waals surface area (Å²) in [5.41, 5.74) is 1.13. The first-order chi connectivity index (χ1) is 16.8. The molecule has 1 aliphatic heterocycles. The van der Waals surface area contributed by atoms with E-state index in [4.69, 9.17) is 16.3 Å². The SMILES string of the molecule is CNC(=O)COc1cc2cc(Nc3nc(N4CCI(F)CC4)ncc3Cl)ccc2n(C(C)C)c1=O. The van der Waals surface area contributed by atoms with Crippen molar-refractivity contribution in [3.8, 4) is 5.75 Å². The van der Waals surface area contributed by atoms with Gasteiger partial charge in [0.1, 0.15) is 0 Å². The number of aromatic nitrogens is 3. The van der Waals surface area contributed by atoms with E-state index in [0.29, 0.717) is 44.4 Å². The van der Waals surface area contributed by atoms with Crippen LogP contribution >= 0.6 is 32.0 Å². The van der Waals surface area contributed by atoms with Gasteiger partial charge in [-0.2, -0.15) is 0 Å². The summed E-state index contributed by atoms with van der Waals surface area (Å²) in [6, 6.07) is 7.05. The standard InChI is InChI=1S/C23H27ClFIN6O3/c1-14(2)32-18-5-4-16(10-15(18)11-19(22(32)34)35-13-20(33)27-3)29-21-17(24)12-28-23(30-21)31-8-6-26(25)7-9-31/h4-5,10-12,14H,6-9,13H2,1-3H3,(H,27,33)(H,28,29,30). The Hall–Kier alpha value is -2.67. The van der Waals surface area contributed by atoms with Crippen LogP contribution in [0.2, 0.25) is 5.02 Å². The van der Waals surface area contributed by atoms with Crippen LogP contribution in [-0.4, -0.2) is 56.0 Å². The van der Waals surface area contributed by atoms with Crippen molar-refractivity contribution in [1.82, 2.24) is 19.9 Å². The third-order valence-electron chi connectivity index (χ3n) is 5.55. The zero-order valence-electron chi connectivity index (χ0n) is 19.6. The Morgan fingerprint density at radius 2 is 2.03 bits per heavy atom. The maximum absolute atomic E-state index is 13.7. The van der Waals surface area contributed by atoms with Crippen molar-refractivity contribution in [3.63, 3.8) is 0 Å². The topological polar surface area (TPSA) is 101 Å². The fraction of sp³-hybridized carbons (Fsp3) is 0.391. The van der Waals surface area contributed by atoms with Gasteiger partial charge in [0, 0.05) is 13.1 Å². The van der Waals surface area contributed by atoms with Gasteiger partial charge < -0.3 is 10.1 Å². The van der Waals surface area contributed by atoms with Crippen molar-refractivity contribution in [3.05, 3.63) is 45.8 Å². The second-order valence-electron chi connectivity index (χ2n) is 8.26. The van der Waals surface area contributed by atoms with E-state index in [-0.39, 0.29) is 29.9 Å². The summed E-state index contributed by atoms with van der Waals surface area (Å²) < 4.78 is 22.0. The minimum Gasteiger partial charge on any atom is -0.265 e. The Kier molecular flexibility index (Phi) is 7.95. The van der Waals surface area contributed by atoms with Crippen LogP contribution in [0.5, 0.6) is 5.75 Å². The van der Waals surface area contributed by atoms with E-state index in [1.54, 1.807) is 10.6 Å². The number of amides is 1. The number of alkyl halides is 2. The Labute approximate surface area is 215 Å². The first kappa shape index (κ1) is 25.4. The molecule has 1 aromatic carbocycles. The number of nitrogens with zero attached hydrogens (tertiary/aromatic N) is 4. The predicted molar refractivity (Wildman–Crippen MR) is 146 cm³/mol. The average molecular weight is 617 g/mol. The Bertz CT molecular complexity index is 1300. The molecule has 4 rings (SSSR count). The molecule has 35 heavy (non-hydrogen) atoms. The van der Waals surface area contributed by atoms with E-state index in [1.807, 2.05) is 36.9 Å². The zero-order valence-corrected chi connectivity index (χ0v) is 22.6. The molecule has 1 amide bonds. The van der Waals surface area contributed by atoms with E-state index in [1.165, 1.54) is 13.2 Å². The molecule has 0 saturated carbocycles. The van der Waals surface area contributed by atoms with E-state index in [0.717, 1.165) is 10.9 Å². The van der Waals surface area contributed by atoms with Gasteiger partial charge in [-0.3, -0.25) is 9.59 Å². The molecule has 1 aliphatic rings. The smallest absolute Gasteiger partial charge is 0.265 e. The van der Waals surface area contributed by atoms with E-state index >= 15 is 0 Å². The molecule has 0 bridgehead atoms. The molecule has 3 aromatic rings. The molecule has 1 saturated heterocycles. The van der Waals surface area contributed by atoms with Crippen molar-refractivity contribution in [1.29, 1.82) is 0 Å². The van der Waals surface area contributed by atoms with Crippen LogP contribution in [0.4, 0.5) is 20.3 Å². The summed E-state index contributed by atoms with van der Waals surface area (Å²) in [6.07, 6.45) is 1.54. The number of pyridine rings is 1. The molecule has 0 unspecified atom stereocenters. The second kappa shape index (κ2) is 10.9. The number of rotatable bonds is 7. The van der Waals surface area contributed by atoms with Gasteiger partial charge in [0.05, 0.1) is 0 Å². The number of fused-ring (bicyclic) bond motifs is 1. The number of ether oxygens (including phenoxy) is 1. The number of carbonyl (C=O) groups is 1. The molecule has 0 aliphatic carbocycles. The predicted octanol–water partition coefficient (Wildman–Crippen LogP) is 4.11. The van der Waals surface area contributed by atoms with Crippen molar-refractivity contribution >= 4 is 66.3 Å². The minimum absolute atomic E-state index is 0.0922. The summed E-state index contributed by atoms with van der Waals surface area (Å²) in [5, 5.41) is 6.80. The molecule has 0 atom stereocenters. The summed E-state index contributed by atoms with van der Waals surface area (Å²) >= 11 is 4.11. The van der Waals surface area contributed by atoms with Crippen LogP contribution in [0, 0.1) is 0 Å². The monoisotopic (exact) mass is 616 g/mol. The third kappa shape index (κ3) is 5.77. The molecule has 0 spiro atoms. The van der Waals surface area contributed by atoms with Crippen LogP contribution < -0.4 is 25.8 Å². The third-order valence-corrected chi connectivity index (χ3v) is 9.14. The maximum atomic E-state index is 13.7. The normalized spacial score (nSPS) is 14.9. The molecule has 12 heteroatoms. The van der Waals surface area contributed by atoms with Gasteiger partial charge in [0.2, 0.25) is 0 Å². The van der Waals surface area contributed by atoms with Crippen LogP contribution in [-0.2, 0) is 4.79 Å². The molecule has 2 N–H and O–H groups in total. The van der Waals surface area contributed by atoms with Crippen LogP contribution in [0.15, 0.2) is 35.3 Å². The Balaban J connectivity index is 1.66. The minimum atomic E-state index is -2.25. The number of anilines is 3. The van der Waals surface area contributed by atoms with Gasteiger partial charge in [0.15, 0.2) is 6.61 Å². The van der Waals surface area contributed by atoms with E-state index < -0.39 is 20.4 Å². The van der Waals surface area contributed by atoms with Crippen molar-refractivity contribution in [2.75, 3.05) is 45.8 Å². The molecular weight excluding hydrogens is 590 g/mol. The van der Waals surface area contributed by atoms with Gasteiger partial charge in [-0.15, -0.1) is 0 Å². The van der Waals surface area contributed by atoms with Crippen molar-refractivity contribution < 1.29 is 12.4 Å². The second-order valence-corrected chi connectivity index (χ2v) is 13.1. The number of likely N-dealkylation sites (N-methyl/N-ethyl adjacent to an activating group) is 1. The van der Waals surface area contributed by atoms with Gasteiger partial charge >= 0.3 is 151 Å². The first-order valence-corrected chi connectivity index (χ1v) is 15.4. The number of hydrogen-bond acceptors (Lipinski definition) is 7. The van der Waals surface area contributed by atoms with Gasteiger partial charge in [-0.05, 0) is 13.8 Å². The molecular formula is C23H27ClFIN6O3. The van der Waals surface area contributed by atoms with Crippen LogP contribution in [0.1, 0.15) is 19.9 Å². The summed E-state index contributed by atoms with van der Waals surface area (Å²) in [7, 11) is 1.51. The molecule has 9 nitrogen and oxygen atoms in total. The quantitative estimate of drug-likeness (QED) is 0.305. The van der Waals surface area contributed by atoms with E-state index in [9.17, 15) is 12.4 Å². The Morgan fingerprint density at radius 3 is 2.71 bits per heavy atom. The fourth-order valence-electron chi connectivity index (χ4n) is 3.76. The first-order valence-electron chi connectivity index (χ1n) is 11.1. The van der Waals surface area contributed by atoms with Crippen LogP contribution in [0.3, 0.4) is 0 Å². The number of halogens is 3. The number of benzene rings is 1. The number of hydrogen-bond donors (Lipinski definition) is 2. The summed E-state index contributed by atoms with van der Waals surface area (Å²) in [6.45, 7) is 4.79. The van der Waals surface area contributed by atoms with Crippen molar-refractivity contribution in [2.24, 2.45) is 0 Å². The van der Waals surface area contributed by atoms with E-state index in [2.05, 4.69) is 20.6 Å². The fourth-order valence-corrected chi connectivity index (χ4v) is 6.65. The van der Waals surface area contributed by atoms with Crippen molar-refractivity contribution in [2.45, 2.75) is 19.9 Å². The van der Waals surface area contributed by atoms with Gasteiger partial charge in [-0.25, -0.2) is 0 Å². The zero-order chi connectivity index (χ0) is 25.1. The molecule has 3 heterocycles. The molecule has 188 valence electrons. The summed E-state index contributed by atoms with van der Waals surface area (Å²) in [4.78, 5) is 35.5. The number of carbonyl (C=O) groups excluding carboxylic acids is 1. The number of nitrogens with one attached hydrogen (secondary N) is 2. The Morgan fingerprint density at radius 1 is 1.29 bits per heavy atom. The average Bonchev–Trinajstić information content (AvgIpc) is 2.84. The summed E-state index contributed by atoms with van der Waals surface area (Å²) in [5.74, 6) is 0.712. The van der Waals surface area contributed by atoms with Gasteiger partial charge in [0.25, 0.3) is 11.5 Å².